The van der Waals surface area contributed by atoms with Gasteiger partial charge in [-0.3, -0.25) is 9.78 Å². The van der Waals surface area contributed by atoms with Crippen molar-refractivity contribution in [2.45, 2.75) is 31.8 Å². The van der Waals surface area contributed by atoms with Crippen LogP contribution in [-0.2, 0) is 28.0 Å². The van der Waals surface area contributed by atoms with Crippen molar-refractivity contribution in [3.8, 4) is 5.75 Å². The van der Waals surface area contributed by atoms with Crippen molar-refractivity contribution in [2.24, 2.45) is 0 Å². The molecule has 4 nitrogen and oxygen atoms in total. The van der Waals surface area contributed by atoms with Crippen molar-refractivity contribution in [1.29, 1.82) is 0 Å². The zero-order valence-electron chi connectivity index (χ0n) is 11.5. The van der Waals surface area contributed by atoms with E-state index in [1.165, 1.54) is 6.92 Å². The Kier molecular flexibility index (Phi) is 6.09. The number of halogens is 7. The number of hydrogen-bond acceptors (Lipinski definition) is 4. The Morgan fingerprint density at radius 3 is 2.26 bits per heavy atom. The van der Waals surface area contributed by atoms with Gasteiger partial charge in [0.1, 0.15) is 0 Å². The van der Waals surface area contributed by atoms with E-state index >= 15 is 0 Å². The molecule has 23 heavy (non-hydrogen) atoms. The fraction of sp³-hybridized carbons (Fsp3) is 0.500. The molecule has 0 fully saturated rings. The fourth-order valence-electron chi connectivity index (χ4n) is 1.61. The molecule has 0 aliphatic heterocycles. The van der Waals surface area contributed by atoms with Crippen LogP contribution < -0.4 is 4.74 Å². The Morgan fingerprint density at radius 1 is 1.22 bits per heavy atom. The number of rotatable bonds is 5. The molecule has 0 saturated heterocycles. The van der Waals surface area contributed by atoms with E-state index in [0.29, 0.717) is 0 Å². The van der Waals surface area contributed by atoms with Crippen LogP contribution in [0.15, 0.2) is 6.07 Å². The largest absolute Gasteiger partial charge is 0.573 e. The summed E-state index contributed by atoms with van der Waals surface area (Å²) in [6, 6.07) is 0.118. The number of hydrogen-bond donors (Lipinski definition) is 0. The van der Waals surface area contributed by atoms with Gasteiger partial charge >= 0.3 is 18.5 Å². The lowest BCUT2D eigenvalue weighted by Gasteiger charge is -2.17. The molecule has 0 N–H and O–H groups in total. The molecule has 11 heteroatoms. The molecule has 0 atom stereocenters. The summed E-state index contributed by atoms with van der Waals surface area (Å²) in [6.07, 6.45) is -11.0. The van der Waals surface area contributed by atoms with Gasteiger partial charge in [0.2, 0.25) is 0 Å². The van der Waals surface area contributed by atoms with Crippen molar-refractivity contribution < 1.29 is 40.6 Å². The van der Waals surface area contributed by atoms with Crippen molar-refractivity contribution in [3.63, 3.8) is 0 Å². The maximum absolute atomic E-state index is 12.8. The minimum atomic E-state index is -5.25. The first-order chi connectivity index (χ1) is 10.5. The second kappa shape index (κ2) is 7.24. The summed E-state index contributed by atoms with van der Waals surface area (Å²) in [5.41, 5.74) is -2.84. The van der Waals surface area contributed by atoms with Crippen molar-refractivity contribution in [1.82, 2.24) is 4.98 Å². The highest BCUT2D eigenvalue weighted by Gasteiger charge is 2.38. The van der Waals surface area contributed by atoms with E-state index in [0.717, 1.165) is 0 Å². The van der Waals surface area contributed by atoms with Gasteiger partial charge in [0, 0.05) is 0 Å². The summed E-state index contributed by atoms with van der Waals surface area (Å²) < 4.78 is 83.6. The maximum Gasteiger partial charge on any atom is 0.573 e. The molecule has 0 bridgehead atoms. The van der Waals surface area contributed by atoms with Gasteiger partial charge in [-0.2, -0.15) is 13.2 Å². The van der Waals surface area contributed by atoms with Crippen molar-refractivity contribution >= 4 is 17.6 Å². The SMILES string of the molecule is CCOC(=O)Cc1nc(CCl)c(C(F)(F)F)cc1OC(F)(F)F. The molecular formula is C12H10ClF6NO3. The Labute approximate surface area is 131 Å². The molecule has 0 aromatic carbocycles. The second-order valence-electron chi connectivity index (χ2n) is 4.09. The lowest BCUT2D eigenvalue weighted by molar-refractivity contribution is -0.275. The van der Waals surface area contributed by atoms with E-state index in [2.05, 4.69) is 14.5 Å². The zero-order chi connectivity index (χ0) is 17.8. The minimum Gasteiger partial charge on any atom is -0.466 e. The summed E-state index contributed by atoms with van der Waals surface area (Å²) in [5.74, 6) is -2.91. The molecular weight excluding hydrogens is 356 g/mol. The lowest BCUT2D eigenvalue weighted by Crippen LogP contribution is -2.22. The molecule has 1 heterocycles. The van der Waals surface area contributed by atoms with Gasteiger partial charge in [0.05, 0.1) is 35.9 Å². The number of ether oxygens (including phenoxy) is 2. The van der Waals surface area contributed by atoms with Crippen LogP contribution >= 0.6 is 11.6 Å². The molecule has 0 aliphatic carbocycles. The molecule has 0 amide bonds. The highest BCUT2D eigenvalue weighted by atomic mass is 35.5. The summed E-state index contributed by atoms with van der Waals surface area (Å²) in [6.45, 7) is 1.40. The predicted molar refractivity (Wildman–Crippen MR) is 65.8 cm³/mol. The first-order valence-electron chi connectivity index (χ1n) is 6.05. The second-order valence-corrected chi connectivity index (χ2v) is 4.36. The molecule has 0 unspecified atom stereocenters. The number of esters is 1. The standard InChI is InChI=1S/C12H10ClF6NO3/c1-2-22-10(21)4-7-9(23-12(17,18)19)3-6(11(14,15)16)8(5-13)20-7/h3H,2,4-5H2,1H3. The van der Waals surface area contributed by atoms with Crippen LogP contribution in [0.3, 0.4) is 0 Å². The first kappa shape index (κ1) is 19.3. The van der Waals surface area contributed by atoms with E-state index in [1.54, 1.807) is 0 Å². The summed E-state index contributed by atoms with van der Waals surface area (Å²) in [4.78, 5) is 14.7. The third-order valence-electron chi connectivity index (χ3n) is 2.42. The Bertz CT molecular complexity index is 573. The number of nitrogens with zero attached hydrogens (tertiary/aromatic N) is 1. The van der Waals surface area contributed by atoms with E-state index in [-0.39, 0.29) is 12.7 Å². The van der Waals surface area contributed by atoms with Gasteiger partial charge in [-0.25, -0.2) is 0 Å². The van der Waals surface area contributed by atoms with Gasteiger partial charge in [0.25, 0.3) is 0 Å². The van der Waals surface area contributed by atoms with E-state index in [4.69, 9.17) is 11.6 Å². The number of alkyl halides is 7. The summed E-state index contributed by atoms with van der Waals surface area (Å²) in [7, 11) is 0. The van der Waals surface area contributed by atoms with Crippen LogP contribution in [0.4, 0.5) is 26.3 Å². The number of carbonyl (C=O) groups is 1. The summed E-state index contributed by atoms with van der Waals surface area (Å²) in [5, 5.41) is 0. The highest BCUT2D eigenvalue weighted by Crippen LogP contribution is 2.37. The van der Waals surface area contributed by atoms with Gasteiger partial charge in [-0.05, 0) is 13.0 Å². The molecule has 130 valence electrons. The van der Waals surface area contributed by atoms with Gasteiger partial charge in [-0.15, -0.1) is 24.8 Å². The highest BCUT2D eigenvalue weighted by molar-refractivity contribution is 6.17. The Morgan fingerprint density at radius 2 is 1.83 bits per heavy atom. The molecule has 0 aliphatic rings. The first-order valence-corrected chi connectivity index (χ1v) is 6.58. The Hall–Kier alpha value is -1.71. The normalized spacial score (nSPS) is 12.2. The van der Waals surface area contributed by atoms with Crippen molar-refractivity contribution in [3.05, 3.63) is 23.0 Å². The maximum atomic E-state index is 12.8. The fourth-order valence-corrected chi connectivity index (χ4v) is 1.82. The third-order valence-corrected chi connectivity index (χ3v) is 2.67. The quantitative estimate of drug-likeness (QED) is 0.452. The molecule has 0 spiro atoms. The molecule has 1 rings (SSSR count). The van der Waals surface area contributed by atoms with Gasteiger partial charge < -0.3 is 9.47 Å². The Balaban J connectivity index is 3.38. The van der Waals surface area contributed by atoms with E-state index in [1.807, 2.05) is 0 Å². The molecule has 1 aromatic rings. The average molecular weight is 366 g/mol. The van der Waals surface area contributed by atoms with Crippen LogP contribution in [0.1, 0.15) is 23.9 Å². The monoisotopic (exact) mass is 365 g/mol. The van der Waals surface area contributed by atoms with Gasteiger partial charge in [0.15, 0.2) is 5.75 Å². The van der Waals surface area contributed by atoms with E-state index in [9.17, 15) is 31.1 Å². The van der Waals surface area contributed by atoms with Crippen LogP contribution in [0, 0.1) is 0 Å². The third kappa shape index (κ3) is 5.77. The minimum absolute atomic E-state index is 0.0582. The zero-order valence-corrected chi connectivity index (χ0v) is 12.3. The molecule has 0 saturated carbocycles. The van der Waals surface area contributed by atoms with Crippen LogP contribution in [-0.4, -0.2) is 23.9 Å². The van der Waals surface area contributed by atoms with Crippen LogP contribution in [0.2, 0.25) is 0 Å². The number of aromatic nitrogens is 1. The smallest absolute Gasteiger partial charge is 0.466 e. The predicted octanol–water partition coefficient (Wildman–Crippen LogP) is 3.84. The average Bonchev–Trinajstić information content (AvgIpc) is 2.37. The van der Waals surface area contributed by atoms with Crippen LogP contribution in [0.5, 0.6) is 5.75 Å². The molecule has 1 aromatic heterocycles. The molecule has 0 radical (unpaired) electrons. The summed E-state index contributed by atoms with van der Waals surface area (Å²) >= 11 is 5.35. The van der Waals surface area contributed by atoms with Gasteiger partial charge in [-0.1, -0.05) is 0 Å². The number of carbonyl (C=O) groups excluding carboxylic acids is 1. The topological polar surface area (TPSA) is 48.4 Å². The van der Waals surface area contributed by atoms with Crippen molar-refractivity contribution in [2.75, 3.05) is 6.61 Å². The van der Waals surface area contributed by atoms with E-state index < -0.39 is 53.5 Å². The number of pyridine rings is 1. The van der Waals surface area contributed by atoms with Crippen LogP contribution in [0.25, 0.3) is 0 Å². The lowest BCUT2D eigenvalue weighted by atomic mass is 10.1.